The minimum absolute atomic E-state index is 0.692. The van der Waals surface area contributed by atoms with Gasteiger partial charge in [0, 0.05) is 26.1 Å². The van der Waals surface area contributed by atoms with Gasteiger partial charge in [0.05, 0.1) is 12.3 Å². The lowest BCUT2D eigenvalue weighted by atomic mass is 10.2. The summed E-state index contributed by atoms with van der Waals surface area (Å²) in [5, 5.41) is 4.26. The summed E-state index contributed by atoms with van der Waals surface area (Å²) >= 11 is 0. The zero-order chi connectivity index (χ0) is 9.14. The summed E-state index contributed by atoms with van der Waals surface area (Å²) < 4.78 is 6.65. The fourth-order valence-electron chi connectivity index (χ4n) is 1.14. The van der Waals surface area contributed by atoms with Crippen LogP contribution < -0.4 is 5.73 Å². The van der Waals surface area contributed by atoms with Gasteiger partial charge in [0.15, 0.2) is 0 Å². The van der Waals surface area contributed by atoms with Gasteiger partial charge in [0.1, 0.15) is 5.82 Å². The number of methoxy groups -OCH3 is 1. The summed E-state index contributed by atoms with van der Waals surface area (Å²) in [5.41, 5.74) is 7.82. The lowest BCUT2D eigenvalue weighted by Gasteiger charge is -1.95. The molecule has 1 aromatic rings. The van der Waals surface area contributed by atoms with Gasteiger partial charge in [-0.2, -0.15) is 5.10 Å². The Balaban J connectivity index is 2.79. The number of nitrogens with zero attached hydrogens (tertiary/aromatic N) is 2. The molecule has 2 N–H and O–H groups in total. The molecule has 0 saturated heterocycles. The zero-order valence-electron chi connectivity index (χ0n) is 7.79. The second kappa shape index (κ2) is 3.58. The SMILES string of the molecule is COCCc1nn(C)c(N)c1C. The van der Waals surface area contributed by atoms with Crippen molar-refractivity contribution < 1.29 is 4.74 Å². The largest absolute Gasteiger partial charge is 0.384 e. The summed E-state index contributed by atoms with van der Waals surface area (Å²) in [6, 6.07) is 0. The van der Waals surface area contributed by atoms with Crippen LogP contribution in [-0.2, 0) is 18.2 Å². The lowest BCUT2D eigenvalue weighted by molar-refractivity contribution is 0.201. The monoisotopic (exact) mass is 169 g/mol. The summed E-state index contributed by atoms with van der Waals surface area (Å²) in [4.78, 5) is 0. The normalized spacial score (nSPS) is 10.6. The molecule has 4 heteroatoms. The second-order valence-electron chi connectivity index (χ2n) is 2.82. The Morgan fingerprint density at radius 2 is 2.25 bits per heavy atom. The molecule has 1 heterocycles. The van der Waals surface area contributed by atoms with Gasteiger partial charge < -0.3 is 10.5 Å². The molecule has 12 heavy (non-hydrogen) atoms. The third kappa shape index (κ3) is 1.58. The van der Waals surface area contributed by atoms with Crippen LogP contribution in [0.3, 0.4) is 0 Å². The van der Waals surface area contributed by atoms with Crippen molar-refractivity contribution in [2.24, 2.45) is 7.05 Å². The lowest BCUT2D eigenvalue weighted by Crippen LogP contribution is -1.98. The van der Waals surface area contributed by atoms with Crippen LogP contribution in [0.15, 0.2) is 0 Å². The van der Waals surface area contributed by atoms with Crippen molar-refractivity contribution in [3.63, 3.8) is 0 Å². The van der Waals surface area contributed by atoms with Gasteiger partial charge in [-0.3, -0.25) is 4.68 Å². The van der Waals surface area contributed by atoms with Gasteiger partial charge in [0.2, 0.25) is 0 Å². The van der Waals surface area contributed by atoms with Crippen LogP contribution in [0, 0.1) is 6.92 Å². The number of aryl methyl sites for hydroxylation is 1. The van der Waals surface area contributed by atoms with Gasteiger partial charge in [-0.25, -0.2) is 0 Å². The van der Waals surface area contributed by atoms with Gasteiger partial charge >= 0.3 is 0 Å². The van der Waals surface area contributed by atoms with E-state index in [1.165, 1.54) is 0 Å². The van der Waals surface area contributed by atoms with E-state index >= 15 is 0 Å². The number of ether oxygens (including phenoxy) is 1. The Bertz CT molecular complexity index is 268. The van der Waals surface area contributed by atoms with Crippen LogP contribution in [0.5, 0.6) is 0 Å². The maximum absolute atomic E-state index is 5.73. The quantitative estimate of drug-likeness (QED) is 0.716. The average Bonchev–Trinajstić information content (AvgIpc) is 2.30. The first-order chi connectivity index (χ1) is 5.66. The minimum Gasteiger partial charge on any atom is -0.384 e. The number of nitrogens with two attached hydrogens (primary N) is 1. The minimum atomic E-state index is 0.692. The highest BCUT2D eigenvalue weighted by Crippen LogP contribution is 2.14. The molecule has 0 amide bonds. The van der Waals surface area contributed by atoms with Crippen molar-refractivity contribution >= 4 is 5.82 Å². The molecule has 68 valence electrons. The summed E-state index contributed by atoms with van der Waals surface area (Å²) in [6.45, 7) is 2.67. The molecular weight excluding hydrogens is 154 g/mol. The van der Waals surface area contributed by atoms with Gasteiger partial charge in [0.25, 0.3) is 0 Å². The third-order valence-electron chi connectivity index (χ3n) is 1.98. The Morgan fingerprint density at radius 1 is 1.58 bits per heavy atom. The number of nitrogen functional groups attached to an aromatic ring is 1. The van der Waals surface area contributed by atoms with Crippen LogP contribution >= 0.6 is 0 Å². The van der Waals surface area contributed by atoms with Gasteiger partial charge in [-0.1, -0.05) is 0 Å². The number of anilines is 1. The van der Waals surface area contributed by atoms with E-state index in [-0.39, 0.29) is 0 Å². The molecule has 0 aliphatic heterocycles. The molecular formula is C8H15N3O. The predicted molar refractivity (Wildman–Crippen MR) is 47.9 cm³/mol. The maximum Gasteiger partial charge on any atom is 0.124 e. The molecule has 0 unspecified atom stereocenters. The molecule has 0 atom stereocenters. The number of aromatic nitrogens is 2. The van der Waals surface area contributed by atoms with E-state index in [4.69, 9.17) is 10.5 Å². The van der Waals surface area contributed by atoms with Crippen molar-refractivity contribution in [1.82, 2.24) is 9.78 Å². The summed E-state index contributed by atoms with van der Waals surface area (Å²) in [6.07, 6.45) is 0.827. The third-order valence-corrected chi connectivity index (χ3v) is 1.98. The van der Waals surface area contributed by atoms with Gasteiger partial charge in [-0.15, -0.1) is 0 Å². The Hall–Kier alpha value is -1.03. The van der Waals surface area contributed by atoms with Crippen molar-refractivity contribution in [2.45, 2.75) is 13.3 Å². The number of hydrogen-bond donors (Lipinski definition) is 1. The van der Waals surface area contributed by atoms with Crippen molar-refractivity contribution in [2.75, 3.05) is 19.5 Å². The molecule has 4 nitrogen and oxygen atoms in total. The van der Waals surface area contributed by atoms with E-state index in [0.29, 0.717) is 6.61 Å². The Kier molecular flexibility index (Phi) is 2.70. The molecule has 0 spiro atoms. The molecule has 0 saturated carbocycles. The first-order valence-electron chi connectivity index (χ1n) is 3.93. The molecule has 0 radical (unpaired) electrons. The average molecular weight is 169 g/mol. The van der Waals surface area contributed by atoms with Crippen LogP contribution in [0.2, 0.25) is 0 Å². The first-order valence-corrected chi connectivity index (χ1v) is 3.93. The van der Waals surface area contributed by atoms with E-state index in [2.05, 4.69) is 5.10 Å². The Morgan fingerprint density at radius 3 is 2.67 bits per heavy atom. The zero-order valence-corrected chi connectivity index (χ0v) is 7.79. The van der Waals surface area contributed by atoms with Crippen LogP contribution in [0.4, 0.5) is 5.82 Å². The number of hydrogen-bond acceptors (Lipinski definition) is 3. The van der Waals surface area contributed by atoms with E-state index in [9.17, 15) is 0 Å². The van der Waals surface area contributed by atoms with Gasteiger partial charge in [-0.05, 0) is 6.92 Å². The molecule has 0 aliphatic rings. The molecule has 1 rings (SSSR count). The standard InChI is InChI=1S/C8H15N3O/c1-6-7(4-5-12-3)10-11(2)8(6)9/h4-5,9H2,1-3H3. The first kappa shape index (κ1) is 9.06. The fourth-order valence-corrected chi connectivity index (χ4v) is 1.14. The van der Waals surface area contributed by atoms with Crippen molar-refractivity contribution in [1.29, 1.82) is 0 Å². The second-order valence-corrected chi connectivity index (χ2v) is 2.82. The smallest absolute Gasteiger partial charge is 0.124 e. The summed E-state index contributed by atoms with van der Waals surface area (Å²) in [5.74, 6) is 0.737. The van der Waals surface area contributed by atoms with Crippen molar-refractivity contribution in [3.05, 3.63) is 11.3 Å². The van der Waals surface area contributed by atoms with E-state index in [0.717, 1.165) is 23.5 Å². The maximum atomic E-state index is 5.73. The molecule has 0 aliphatic carbocycles. The van der Waals surface area contributed by atoms with E-state index < -0.39 is 0 Å². The van der Waals surface area contributed by atoms with Crippen LogP contribution in [0.1, 0.15) is 11.3 Å². The van der Waals surface area contributed by atoms with Crippen molar-refractivity contribution in [3.8, 4) is 0 Å². The van der Waals surface area contributed by atoms with E-state index in [1.54, 1.807) is 11.8 Å². The van der Waals surface area contributed by atoms with E-state index in [1.807, 2.05) is 14.0 Å². The highest BCUT2D eigenvalue weighted by Gasteiger charge is 2.07. The topological polar surface area (TPSA) is 53.1 Å². The highest BCUT2D eigenvalue weighted by molar-refractivity contribution is 5.42. The highest BCUT2D eigenvalue weighted by atomic mass is 16.5. The molecule has 0 aromatic carbocycles. The van der Waals surface area contributed by atoms with Crippen LogP contribution in [-0.4, -0.2) is 23.5 Å². The fraction of sp³-hybridized carbons (Fsp3) is 0.625. The molecule has 1 aromatic heterocycles. The number of rotatable bonds is 3. The molecule has 0 bridgehead atoms. The predicted octanol–water partition coefficient (Wildman–Crippen LogP) is 0.500. The van der Waals surface area contributed by atoms with Crippen LogP contribution in [0.25, 0.3) is 0 Å². The summed E-state index contributed by atoms with van der Waals surface area (Å²) in [7, 11) is 3.53. The molecule has 0 fully saturated rings. The Labute approximate surface area is 72.3 Å².